The highest BCUT2D eigenvalue weighted by Crippen LogP contribution is 2.21. The number of nitro groups is 1. The molecule has 0 bridgehead atoms. The van der Waals surface area contributed by atoms with Crippen LogP contribution in [-0.2, 0) is 16.8 Å². The van der Waals surface area contributed by atoms with Gasteiger partial charge in [0.2, 0.25) is 0 Å². The number of hydrogen-bond donors (Lipinski definition) is 2. The van der Waals surface area contributed by atoms with Gasteiger partial charge in [0, 0.05) is 45.3 Å². The third-order valence-corrected chi connectivity index (χ3v) is 4.68. The number of nitro benzene ring substituents is 1. The van der Waals surface area contributed by atoms with Crippen molar-refractivity contribution < 1.29 is 18.5 Å². The van der Waals surface area contributed by atoms with Crippen molar-refractivity contribution in [1.82, 2.24) is 15.1 Å². The zero-order valence-electron chi connectivity index (χ0n) is 14.0. The zero-order chi connectivity index (χ0) is 18.4. The van der Waals surface area contributed by atoms with E-state index in [1.54, 1.807) is 0 Å². The minimum Gasteiger partial charge on any atom is -0.351 e. The molecule has 0 aliphatic carbocycles. The van der Waals surface area contributed by atoms with Crippen molar-refractivity contribution in [3.8, 4) is 0 Å². The molecule has 25 heavy (non-hydrogen) atoms. The summed E-state index contributed by atoms with van der Waals surface area (Å²) in [5.74, 6) is -0.732. The first-order chi connectivity index (χ1) is 11.9. The molecule has 1 aliphatic rings. The maximum atomic E-state index is 12.2. The van der Waals surface area contributed by atoms with E-state index in [0.717, 1.165) is 26.2 Å². The number of nitrogens with zero attached hydrogens (tertiary/aromatic N) is 3. The maximum absolute atomic E-state index is 12.2. The second-order valence-electron chi connectivity index (χ2n) is 5.98. The van der Waals surface area contributed by atoms with E-state index in [0.29, 0.717) is 18.7 Å². The second-order valence-corrected chi connectivity index (χ2v) is 6.91. The fraction of sp³-hybridized carbons (Fsp3) is 0.533. The van der Waals surface area contributed by atoms with Crippen LogP contribution in [0.3, 0.4) is 0 Å². The predicted molar refractivity (Wildman–Crippen MR) is 93.8 cm³/mol. The van der Waals surface area contributed by atoms with E-state index in [2.05, 4.69) is 22.2 Å². The van der Waals surface area contributed by atoms with Gasteiger partial charge in [-0.05, 0) is 18.7 Å². The highest BCUT2D eigenvalue weighted by Gasteiger charge is 2.21. The Labute approximate surface area is 148 Å². The lowest BCUT2D eigenvalue weighted by Gasteiger charge is -2.32. The van der Waals surface area contributed by atoms with E-state index in [9.17, 15) is 19.1 Å². The minimum atomic E-state index is -2.10. The Morgan fingerprint density at radius 3 is 2.64 bits per heavy atom. The number of amides is 1. The molecule has 0 spiro atoms. The Kier molecular flexibility index (Phi) is 7.00. The summed E-state index contributed by atoms with van der Waals surface area (Å²) in [5, 5.41) is 13.9. The molecule has 1 unspecified atom stereocenters. The van der Waals surface area contributed by atoms with Gasteiger partial charge < -0.3 is 14.8 Å². The molecule has 0 aromatic heterocycles. The SMILES string of the molecule is CN1CCN(CCNC(=O)c2ccc(CS(=O)O)cc2[N+](=O)[O-])CC1. The highest BCUT2D eigenvalue weighted by atomic mass is 32.2. The van der Waals surface area contributed by atoms with Gasteiger partial charge in [-0.15, -0.1) is 0 Å². The van der Waals surface area contributed by atoms with Gasteiger partial charge in [0.05, 0.1) is 10.7 Å². The van der Waals surface area contributed by atoms with E-state index in [-0.39, 0.29) is 17.0 Å². The van der Waals surface area contributed by atoms with Crippen molar-refractivity contribution in [1.29, 1.82) is 0 Å². The van der Waals surface area contributed by atoms with Crippen molar-refractivity contribution >= 4 is 22.7 Å². The summed E-state index contributed by atoms with van der Waals surface area (Å²) in [7, 11) is 2.06. The van der Waals surface area contributed by atoms with E-state index in [4.69, 9.17) is 4.55 Å². The molecule has 10 heteroatoms. The molecular formula is C15H22N4O5S. The van der Waals surface area contributed by atoms with Crippen molar-refractivity contribution in [2.24, 2.45) is 0 Å². The van der Waals surface area contributed by atoms with Gasteiger partial charge >= 0.3 is 0 Å². The molecule has 1 fully saturated rings. The van der Waals surface area contributed by atoms with Crippen molar-refractivity contribution in [2.75, 3.05) is 46.3 Å². The Hall–Kier alpha value is -1.88. The molecule has 9 nitrogen and oxygen atoms in total. The van der Waals surface area contributed by atoms with Crippen LogP contribution in [0.25, 0.3) is 0 Å². The second kappa shape index (κ2) is 8.99. The number of likely N-dealkylation sites (N-methyl/N-ethyl adjacent to an activating group) is 1. The lowest BCUT2D eigenvalue weighted by molar-refractivity contribution is -0.385. The number of benzene rings is 1. The molecule has 1 amide bonds. The Morgan fingerprint density at radius 1 is 1.36 bits per heavy atom. The van der Waals surface area contributed by atoms with Gasteiger partial charge in [0.25, 0.3) is 11.6 Å². The Bertz CT molecular complexity index is 661. The Balaban J connectivity index is 1.96. The molecule has 2 N–H and O–H groups in total. The summed E-state index contributed by atoms with van der Waals surface area (Å²) in [6.07, 6.45) is 0. The Morgan fingerprint density at radius 2 is 2.04 bits per heavy atom. The normalized spacial score (nSPS) is 17.2. The largest absolute Gasteiger partial charge is 0.351 e. The first kappa shape index (κ1) is 19.4. The van der Waals surface area contributed by atoms with E-state index in [1.165, 1.54) is 18.2 Å². The van der Waals surface area contributed by atoms with Crippen LogP contribution >= 0.6 is 0 Å². The van der Waals surface area contributed by atoms with Crippen LogP contribution in [0.4, 0.5) is 5.69 Å². The first-order valence-corrected chi connectivity index (χ1v) is 9.18. The third-order valence-electron chi connectivity index (χ3n) is 4.10. The molecule has 0 saturated carbocycles. The molecule has 138 valence electrons. The quantitative estimate of drug-likeness (QED) is 0.403. The van der Waals surface area contributed by atoms with E-state index >= 15 is 0 Å². The van der Waals surface area contributed by atoms with Crippen LogP contribution in [0.1, 0.15) is 15.9 Å². The summed E-state index contributed by atoms with van der Waals surface area (Å²) >= 11 is -2.10. The molecule has 1 aliphatic heterocycles. The molecule has 1 heterocycles. The summed E-state index contributed by atoms with van der Waals surface area (Å²) in [6.45, 7) is 4.91. The number of hydrogen-bond acceptors (Lipinski definition) is 6. The van der Waals surface area contributed by atoms with Crippen LogP contribution in [0.2, 0.25) is 0 Å². The summed E-state index contributed by atoms with van der Waals surface area (Å²) in [5.41, 5.74) is -0.0718. The molecule has 1 atom stereocenters. The number of carbonyl (C=O) groups is 1. The van der Waals surface area contributed by atoms with Crippen LogP contribution in [0.15, 0.2) is 18.2 Å². The van der Waals surface area contributed by atoms with Crippen molar-refractivity contribution in [3.05, 3.63) is 39.4 Å². The lowest BCUT2D eigenvalue weighted by atomic mass is 10.1. The number of carbonyl (C=O) groups excluding carboxylic acids is 1. The third kappa shape index (κ3) is 5.85. The van der Waals surface area contributed by atoms with Crippen molar-refractivity contribution in [2.45, 2.75) is 5.75 Å². The van der Waals surface area contributed by atoms with Gasteiger partial charge in [0.15, 0.2) is 11.1 Å². The smallest absolute Gasteiger partial charge is 0.282 e. The predicted octanol–water partition coefficient (Wildman–Crippen LogP) is 0.294. The lowest BCUT2D eigenvalue weighted by Crippen LogP contribution is -2.46. The van der Waals surface area contributed by atoms with Crippen LogP contribution in [-0.4, -0.2) is 75.7 Å². The summed E-state index contributed by atoms with van der Waals surface area (Å²) in [4.78, 5) is 27.2. The molecule has 0 radical (unpaired) electrons. The highest BCUT2D eigenvalue weighted by molar-refractivity contribution is 7.78. The number of piperazine rings is 1. The zero-order valence-corrected chi connectivity index (χ0v) is 14.8. The molecule has 2 rings (SSSR count). The fourth-order valence-electron chi connectivity index (χ4n) is 2.65. The fourth-order valence-corrected chi connectivity index (χ4v) is 3.11. The van der Waals surface area contributed by atoms with E-state index in [1.807, 2.05) is 0 Å². The van der Waals surface area contributed by atoms with Crippen molar-refractivity contribution in [3.63, 3.8) is 0 Å². The number of rotatable bonds is 7. The average molecular weight is 370 g/mol. The molecule has 1 aromatic carbocycles. The maximum Gasteiger partial charge on any atom is 0.282 e. The monoisotopic (exact) mass is 370 g/mol. The van der Waals surface area contributed by atoms with E-state index < -0.39 is 21.9 Å². The van der Waals surface area contributed by atoms with Gasteiger partial charge in [-0.25, -0.2) is 4.21 Å². The molecule has 1 aromatic rings. The van der Waals surface area contributed by atoms with Crippen LogP contribution in [0.5, 0.6) is 0 Å². The minimum absolute atomic E-state index is 0.0455. The van der Waals surface area contributed by atoms with Gasteiger partial charge in [-0.2, -0.15) is 0 Å². The molecule has 1 saturated heterocycles. The number of nitrogens with one attached hydrogen (secondary N) is 1. The first-order valence-electron chi connectivity index (χ1n) is 7.90. The summed E-state index contributed by atoms with van der Waals surface area (Å²) < 4.78 is 19.7. The average Bonchev–Trinajstić information content (AvgIpc) is 2.56. The molecular weight excluding hydrogens is 348 g/mol. The topological polar surface area (TPSA) is 116 Å². The van der Waals surface area contributed by atoms with Crippen LogP contribution in [0, 0.1) is 10.1 Å². The van der Waals surface area contributed by atoms with Crippen LogP contribution < -0.4 is 5.32 Å². The standard InChI is InChI=1S/C15H22N4O5S/c1-17-6-8-18(9-7-17)5-4-16-15(20)13-3-2-12(11-25(23)24)10-14(13)19(21)22/h2-3,10H,4-9,11H2,1H3,(H,16,20)(H,23,24). The summed E-state index contributed by atoms with van der Waals surface area (Å²) in [6, 6.07) is 3.95. The van der Waals surface area contributed by atoms with Gasteiger partial charge in [0.1, 0.15) is 5.56 Å². The van der Waals surface area contributed by atoms with Gasteiger partial charge in [-0.1, -0.05) is 6.07 Å². The van der Waals surface area contributed by atoms with Gasteiger partial charge in [-0.3, -0.25) is 19.8 Å².